The van der Waals surface area contributed by atoms with E-state index < -0.39 is 18.4 Å². The monoisotopic (exact) mass is 341 g/mol. The molecule has 0 aliphatic rings. The summed E-state index contributed by atoms with van der Waals surface area (Å²) in [6.07, 6.45) is 0. The van der Waals surface area contributed by atoms with Gasteiger partial charge in [0.15, 0.2) is 0 Å². The summed E-state index contributed by atoms with van der Waals surface area (Å²) in [7, 11) is 0. The van der Waals surface area contributed by atoms with Gasteiger partial charge in [-0.25, -0.2) is 0 Å². The minimum atomic E-state index is -2.21. The van der Waals surface area contributed by atoms with Gasteiger partial charge in [-0.05, 0) is 0 Å². The van der Waals surface area contributed by atoms with Crippen molar-refractivity contribution in [3.8, 4) is 0 Å². The Bertz CT molecular complexity index is 391. The van der Waals surface area contributed by atoms with Gasteiger partial charge in [0.1, 0.15) is 0 Å². The molecule has 0 heterocycles. The molecule has 1 rings (SSSR count). The van der Waals surface area contributed by atoms with E-state index in [2.05, 4.69) is 27.0 Å². The van der Waals surface area contributed by atoms with E-state index in [0.29, 0.717) is 0 Å². The summed E-state index contributed by atoms with van der Waals surface area (Å²) in [5, 5.41) is 0. The number of hydrogen-bond acceptors (Lipinski definition) is 1. The van der Waals surface area contributed by atoms with Crippen LogP contribution >= 0.6 is 0 Å². The maximum atomic E-state index is 12.4. The van der Waals surface area contributed by atoms with E-state index in [4.69, 9.17) is 0 Å². The first-order chi connectivity index (χ1) is 7.91. The van der Waals surface area contributed by atoms with E-state index in [-0.39, 0.29) is 5.91 Å². The van der Waals surface area contributed by atoms with Gasteiger partial charge in [-0.2, -0.15) is 0 Å². The molecule has 0 aromatic heterocycles. The Morgan fingerprint density at radius 3 is 2.12 bits per heavy atom. The van der Waals surface area contributed by atoms with Crippen LogP contribution in [0.15, 0.2) is 24.3 Å². The summed E-state index contributed by atoms with van der Waals surface area (Å²) in [5.41, 5.74) is 0.930. The van der Waals surface area contributed by atoms with Gasteiger partial charge in [0.25, 0.3) is 0 Å². The van der Waals surface area contributed by atoms with Crippen LogP contribution in [-0.4, -0.2) is 42.3 Å². The van der Waals surface area contributed by atoms with Gasteiger partial charge in [0, 0.05) is 0 Å². The van der Waals surface area contributed by atoms with Gasteiger partial charge >= 0.3 is 109 Å². The summed E-state index contributed by atoms with van der Waals surface area (Å²) in [6.45, 7) is 5.63. The van der Waals surface area contributed by atoms with Crippen molar-refractivity contribution in [3.05, 3.63) is 29.8 Å². The van der Waals surface area contributed by atoms with E-state index in [1.807, 2.05) is 30.9 Å². The maximum absolute atomic E-state index is 12.4. The topological polar surface area (TPSA) is 20.3 Å². The van der Waals surface area contributed by atoms with Crippen molar-refractivity contribution in [2.45, 2.75) is 28.7 Å². The molecule has 0 radical (unpaired) electrons. The van der Waals surface area contributed by atoms with Crippen molar-refractivity contribution in [1.82, 2.24) is 4.90 Å². The predicted molar refractivity (Wildman–Crippen MR) is 76.7 cm³/mol. The Balaban J connectivity index is 3.18. The fourth-order valence-electron chi connectivity index (χ4n) is 2.00. The molecular formula is C14H23NOSn. The molecule has 0 atom stereocenters. The molecule has 0 bridgehead atoms. The summed E-state index contributed by atoms with van der Waals surface area (Å²) < 4.78 is 1.33. The zero-order valence-corrected chi connectivity index (χ0v) is 14.4. The van der Waals surface area contributed by atoms with Crippen LogP contribution in [0, 0.1) is 0 Å². The molecular weight excluding hydrogens is 317 g/mol. The zero-order chi connectivity index (χ0) is 13.1. The average Bonchev–Trinajstić information content (AvgIpc) is 2.29. The molecule has 0 N–H and O–H groups in total. The van der Waals surface area contributed by atoms with Crippen molar-refractivity contribution in [2.75, 3.05) is 13.1 Å². The molecule has 0 unspecified atom stereocenters. The number of amides is 1. The Hall–Kier alpha value is -0.511. The van der Waals surface area contributed by atoms with Crippen LogP contribution in [-0.2, 0) is 0 Å². The van der Waals surface area contributed by atoms with Crippen LogP contribution in [0.1, 0.15) is 24.2 Å². The average molecular weight is 340 g/mol. The third-order valence-corrected chi connectivity index (χ3v) is 8.87. The van der Waals surface area contributed by atoms with Crippen molar-refractivity contribution in [3.63, 3.8) is 0 Å². The molecule has 2 nitrogen and oxygen atoms in total. The van der Waals surface area contributed by atoms with Crippen LogP contribution in [0.25, 0.3) is 0 Å². The van der Waals surface area contributed by atoms with Crippen LogP contribution in [0.3, 0.4) is 0 Å². The molecule has 0 aliphatic heterocycles. The second-order valence-electron chi connectivity index (χ2n) is 5.27. The molecule has 0 saturated carbocycles. The third kappa shape index (κ3) is 3.47. The first kappa shape index (κ1) is 14.5. The van der Waals surface area contributed by atoms with E-state index in [0.717, 1.165) is 18.7 Å². The molecule has 1 aromatic rings. The van der Waals surface area contributed by atoms with Gasteiger partial charge in [-0.15, -0.1) is 0 Å². The van der Waals surface area contributed by atoms with E-state index in [1.54, 1.807) is 0 Å². The molecule has 17 heavy (non-hydrogen) atoms. The van der Waals surface area contributed by atoms with Crippen molar-refractivity contribution >= 4 is 27.9 Å². The fourth-order valence-corrected chi connectivity index (χ4v) is 6.56. The van der Waals surface area contributed by atoms with Crippen molar-refractivity contribution < 1.29 is 4.79 Å². The quantitative estimate of drug-likeness (QED) is 0.772. The normalized spacial score (nSPS) is 11.4. The van der Waals surface area contributed by atoms with Crippen LogP contribution in [0.5, 0.6) is 0 Å². The molecule has 0 fully saturated rings. The molecule has 3 heteroatoms. The number of benzene rings is 1. The zero-order valence-electron chi connectivity index (χ0n) is 11.6. The molecule has 94 valence electrons. The summed E-state index contributed by atoms with van der Waals surface area (Å²) in [6, 6.07) is 8.15. The standard InChI is InChI=1S/C11H14NO.3CH3.Sn/c1-3-12(4-2)11(13)10-8-6-5-7-9-10;;;;/h5-8H,3-4H2,1-2H3;3*1H3;. The van der Waals surface area contributed by atoms with E-state index in [9.17, 15) is 4.79 Å². The van der Waals surface area contributed by atoms with Crippen LogP contribution < -0.4 is 3.58 Å². The molecule has 0 saturated heterocycles. The number of hydrogen-bond donors (Lipinski definition) is 0. The number of carbonyl (C=O) groups is 1. The summed E-state index contributed by atoms with van der Waals surface area (Å²) in [4.78, 5) is 21.4. The van der Waals surface area contributed by atoms with Gasteiger partial charge in [-0.3, -0.25) is 0 Å². The first-order valence-electron chi connectivity index (χ1n) is 6.30. The Morgan fingerprint density at radius 2 is 1.65 bits per heavy atom. The number of nitrogens with zero attached hydrogens (tertiary/aromatic N) is 1. The van der Waals surface area contributed by atoms with Gasteiger partial charge in [0.05, 0.1) is 0 Å². The minimum absolute atomic E-state index is 0.192. The Morgan fingerprint density at radius 1 is 1.12 bits per heavy atom. The Labute approximate surface area is 109 Å². The fraction of sp³-hybridized carbons (Fsp3) is 0.500. The molecule has 1 aromatic carbocycles. The SMILES string of the molecule is CCN(CC)C(=O)c1cccc[c]1[Sn]([CH3])([CH3])[CH3]. The summed E-state index contributed by atoms with van der Waals surface area (Å²) in [5.74, 6) is 0.192. The predicted octanol–water partition coefficient (Wildman–Crippen LogP) is 2.71. The second-order valence-corrected chi connectivity index (χ2v) is 19.7. The van der Waals surface area contributed by atoms with E-state index in [1.165, 1.54) is 3.58 Å². The molecule has 0 aliphatic carbocycles. The first-order valence-corrected chi connectivity index (χ1v) is 16.3. The number of carbonyl (C=O) groups excluding carboxylic acids is 1. The number of rotatable bonds is 4. The molecule has 1 amide bonds. The van der Waals surface area contributed by atoms with Crippen LogP contribution in [0.4, 0.5) is 0 Å². The summed E-state index contributed by atoms with van der Waals surface area (Å²) >= 11 is -2.21. The third-order valence-electron chi connectivity index (χ3n) is 3.02. The second kappa shape index (κ2) is 5.89. The van der Waals surface area contributed by atoms with Gasteiger partial charge in [0.2, 0.25) is 0 Å². The Kier molecular flexibility index (Phi) is 5.04. The van der Waals surface area contributed by atoms with Gasteiger partial charge in [-0.1, -0.05) is 0 Å². The van der Waals surface area contributed by atoms with Gasteiger partial charge < -0.3 is 0 Å². The van der Waals surface area contributed by atoms with E-state index >= 15 is 0 Å². The van der Waals surface area contributed by atoms with Crippen LogP contribution in [0.2, 0.25) is 14.8 Å². The molecule has 0 spiro atoms. The van der Waals surface area contributed by atoms with Crippen molar-refractivity contribution in [1.29, 1.82) is 0 Å². The van der Waals surface area contributed by atoms with Crippen molar-refractivity contribution in [2.24, 2.45) is 0 Å².